The van der Waals surface area contributed by atoms with Crippen LogP contribution >= 0.6 is 18.1 Å². The van der Waals surface area contributed by atoms with Crippen LogP contribution in [0.1, 0.15) is 25.6 Å². The molecule has 3 rings (SSSR count). The zero-order valence-corrected chi connectivity index (χ0v) is 18.6. The van der Waals surface area contributed by atoms with E-state index < -0.39 is 30.5 Å². The van der Waals surface area contributed by atoms with Gasteiger partial charge in [-0.1, -0.05) is 0 Å². The van der Waals surface area contributed by atoms with Gasteiger partial charge in [-0.2, -0.15) is 0 Å². The lowest BCUT2D eigenvalue weighted by Crippen LogP contribution is -2.48. The van der Waals surface area contributed by atoms with Gasteiger partial charge in [0.15, 0.2) is 6.23 Å². The Labute approximate surface area is 174 Å². The highest BCUT2D eigenvalue weighted by atomic mass is 35.7. The van der Waals surface area contributed by atoms with Crippen molar-refractivity contribution >= 4 is 18.1 Å². The molecule has 0 bridgehead atoms. The zero-order chi connectivity index (χ0) is 21.2. The summed E-state index contributed by atoms with van der Waals surface area (Å²) >= 11 is 6.25. The van der Waals surface area contributed by atoms with E-state index in [4.69, 9.17) is 20.5 Å². The summed E-state index contributed by atoms with van der Waals surface area (Å²) < 4.78 is 27.4. The highest BCUT2D eigenvalue weighted by Crippen LogP contribution is 2.56. The fraction of sp³-hybridized carbons (Fsp3) is 0.765. The summed E-state index contributed by atoms with van der Waals surface area (Å²) in [5.74, 6) is 0. The smallest absolute Gasteiger partial charge is 0.350 e. The molecule has 0 amide bonds. The molecule has 0 aromatic carbocycles. The van der Waals surface area contributed by atoms with Gasteiger partial charge in [-0.15, -0.1) is 0 Å². The number of aryl methyl sites for hydroxylation is 1. The average molecular weight is 450 g/mol. The molecule has 2 aliphatic heterocycles. The van der Waals surface area contributed by atoms with Gasteiger partial charge in [0.05, 0.1) is 12.7 Å². The van der Waals surface area contributed by atoms with Crippen LogP contribution in [0.4, 0.5) is 0 Å². The molecule has 29 heavy (non-hydrogen) atoms. The van der Waals surface area contributed by atoms with Crippen LogP contribution in [0.15, 0.2) is 15.8 Å². The number of ether oxygens (including phenoxy) is 1. The van der Waals surface area contributed by atoms with Gasteiger partial charge in [0.2, 0.25) is 0 Å². The molecule has 2 fully saturated rings. The quantitative estimate of drug-likeness (QED) is 0.611. The van der Waals surface area contributed by atoms with E-state index in [-0.39, 0.29) is 6.61 Å². The molecule has 0 radical (unpaired) electrons. The highest BCUT2D eigenvalue weighted by molar-refractivity contribution is 7.83. The van der Waals surface area contributed by atoms with Gasteiger partial charge in [0.25, 0.3) is 5.56 Å². The van der Waals surface area contributed by atoms with Crippen molar-refractivity contribution in [3.8, 4) is 0 Å². The SMILES string of the molecule is Cc1cn([C@H]2CNC[C@@H](COP(=O)(Cl)N3CCN(C(C)C)CC3)O2)c(=O)[nH]c1=O. The maximum Gasteiger partial charge on any atom is 0.363 e. The van der Waals surface area contributed by atoms with E-state index in [1.54, 1.807) is 11.6 Å². The standard InChI is InChI=1S/C17H29ClN5O5P/c1-12(2)21-4-6-22(7-5-21)29(18,26)27-11-14-8-19-9-15(28-14)23-10-13(3)16(24)20-17(23)25/h10,12,14-15,19H,4-9,11H2,1-3H3,(H,20,24,25)/t14-,15+,29?/m0/s1. The lowest BCUT2D eigenvalue weighted by Gasteiger charge is -2.38. The van der Waals surface area contributed by atoms with Gasteiger partial charge < -0.3 is 14.6 Å². The Morgan fingerprint density at radius 1 is 1.28 bits per heavy atom. The number of aromatic nitrogens is 2. The number of halogens is 1. The monoisotopic (exact) mass is 449 g/mol. The van der Waals surface area contributed by atoms with E-state index in [1.807, 2.05) is 0 Å². The summed E-state index contributed by atoms with van der Waals surface area (Å²) in [5, 5.41) is 3.17. The molecule has 2 saturated heterocycles. The van der Waals surface area contributed by atoms with Crippen LogP contribution < -0.4 is 16.6 Å². The number of hydrogen-bond donors (Lipinski definition) is 2. The Morgan fingerprint density at radius 3 is 2.62 bits per heavy atom. The van der Waals surface area contributed by atoms with E-state index in [1.165, 1.54) is 10.8 Å². The maximum atomic E-state index is 12.9. The Kier molecular flexibility index (Phi) is 7.37. The number of rotatable bonds is 6. The first kappa shape index (κ1) is 22.7. The first-order chi connectivity index (χ1) is 13.7. The summed E-state index contributed by atoms with van der Waals surface area (Å²) in [5.41, 5.74) is -0.548. The summed E-state index contributed by atoms with van der Waals surface area (Å²) in [6.45, 7) is 6.08. The predicted octanol–water partition coefficient (Wildman–Crippen LogP) is 0.722. The van der Waals surface area contributed by atoms with Crippen LogP contribution in [0.3, 0.4) is 0 Å². The van der Waals surface area contributed by atoms with Crippen molar-refractivity contribution in [3.05, 3.63) is 32.6 Å². The van der Waals surface area contributed by atoms with E-state index >= 15 is 0 Å². The normalized spacial score (nSPS) is 26.5. The molecule has 0 saturated carbocycles. The fourth-order valence-corrected chi connectivity index (χ4v) is 5.26. The molecule has 12 heteroatoms. The lowest BCUT2D eigenvalue weighted by molar-refractivity contribution is -0.0935. The molecule has 3 atom stereocenters. The van der Waals surface area contributed by atoms with Gasteiger partial charge in [0, 0.05) is 57.1 Å². The third-order valence-electron chi connectivity index (χ3n) is 5.28. The Balaban J connectivity index is 1.57. The highest BCUT2D eigenvalue weighted by Gasteiger charge is 2.35. The van der Waals surface area contributed by atoms with Gasteiger partial charge in [-0.25, -0.2) is 9.46 Å². The first-order valence-electron chi connectivity index (χ1n) is 9.79. The molecule has 3 heterocycles. The molecule has 0 spiro atoms. The van der Waals surface area contributed by atoms with Crippen LogP contribution in [0.5, 0.6) is 0 Å². The molecule has 1 aromatic heterocycles. The first-order valence-corrected chi connectivity index (χ1v) is 12.3. The predicted molar refractivity (Wildman–Crippen MR) is 111 cm³/mol. The van der Waals surface area contributed by atoms with Gasteiger partial charge in [-0.05, 0) is 32.0 Å². The molecular formula is C17H29ClN5O5P. The topological polar surface area (TPSA) is 109 Å². The van der Waals surface area contributed by atoms with Crippen molar-refractivity contribution in [1.82, 2.24) is 24.4 Å². The fourth-order valence-electron chi connectivity index (χ4n) is 3.47. The summed E-state index contributed by atoms with van der Waals surface area (Å²) in [6, 6.07) is 0.436. The molecule has 2 aliphatic rings. The minimum atomic E-state index is -3.45. The van der Waals surface area contributed by atoms with Crippen molar-refractivity contribution in [2.75, 3.05) is 45.9 Å². The minimum Gasteiger partial charge on any atom is -0.350 e. The summed E-state index contributed by atoms with van der Waals surface area (Å²) in [7, 11) is 0. The molecular weight excluding hydrogens is 421 g/mol. The van der Waals surface area contributed by atoms with E-state index in [9.17, 15) is 14.2 Å². The van der Waals surface area contributed by atoms with Crippen molar-refractivity contribution < 1.29 is 13.8 Å². The molecule has 0 aliphatic carbocycles. The van der Waals surface area contributed by atoms with Crippen molar-refractivity contribution in [2.24, 2.45) is 0 Å². The Morgan fingerprint density at radius 2 is 1.97 bits per heavy atom. The number of hydrogen-bond acceptors (Lipinski definition) is 7. The van der Waals surface area contributed by atoms with Crippen molar-refractivity contribution in [2.45, 2.75) is 39.1 Å². The maximum absolute atomic E-state index is 12.9. The van der Waals surface area contributed by atoms with Crippen LogP contribution in [0.25, 0.3) is 0 Å². The van der Waals surface area contributed by atoms with E-state index in [0.717, 1.165) is 13.1 Å². The second kappa shape index (κ2) is 9.43. The largest absolute Gasteiger partial charge is 0.363 e. The van der Waals surface area contributed by atoms with E-state index in [2.05, 4.69) is 29.0 Å². The number of nitrogens with one attached hydrogen (secondary N) is 2. The van der Waals surface area contributed by atoms with Gasteiger partial charge in [0.1, 0.15) is 0 Å². The molecule has 1 aromatic rings. The van der Waals surface area contributed by atoms with Crippen LogP contribution in [-0.2, 0) is 13.8 Å². The molecule has 10 nitrogen and oxygen atoms in total. The molecule has 1 unspecified atom stereocenters. The van der Waals surface area contributed by atoms with Crippen LogP contribution in [0.2, 0.25) is 0 Å². The Bertz CT molecular complexity index is 867. The van der Waals surface area contributed by atoms with Crippen LogP contribution in [-0.4, -0.2) is 77.1 Å². The molecule has 2 N–H and O–H groups in total. The lowest BCUT2D eigenvalue weighted by atomic mass is 10.3. The van der Waals surface area contributed by atoms with Crippen molar-refractivity contribution in [1.29, 1.82) is 0 Å². The second-order valence-electron chi connectivity index (χ2n) is 7.68. The second-order valence-corrected chi connectivity index (χ2v) is 10.7. The summed E-state index contributed by atoms with van der Waals surface area (Å²) in [6.07, 6.45) is 0.429. The number of aromatic amines is 1. The summed E-state index contributed by atoms with van der Waals surface area (Å²) in [4.78, 5) is 28.2. The Hall–Kier alpha value is -1.00. The van der Waals surface area contributed by atoms with Gasteiger partial charge in [-0.3, -0.25) is 23.8 Å². The number of H-pyrrole nitrogens is 1. The number of morpholine rings is 1. The van der Waals surface area contributed by atoms with E-state index in [0.29, 0.717) is 37.8 Å². The molecule has 164 valence electrons. The van der Waals surface area contributed by atoms with Gasteiger partial charge >= 0.3 is 12.6 Å². The van der Waals surface area contributed by atoms with Crippen molar-refractivity contribution in [3.63, 3.8) is 0 Å². The number of piperazine rings is 1. The third-order valence-corrected chi connectivity index (χ3v) is 7.75. The average Bonchev–Trinajstić information content (AvgIpc) is 2.69. The third kappa shape index (κ3) is 5.58. The minimum absolute atomic E-state index is 0.0335. The number of nitrogens with zero attached hydrogens (tertiary/aromatic N) is 3. The zero-order valence-electron chi connectivity index (χ0n) is 17.0. The van der Waals surface area contributed by atoms with Crippen LogP contribution in [0, 0.1) is 6.92 Å².